The highest BCUT2D eigenvalue weighted by Crippen LogP contribution is 2.31. The predicted octanol–water partition coefficient (Wildman–Crippen LogP) is 2.34. The van der Waals surface area contributed by atoms with Gasteiger partial charge in [0.2, 0.25) is 21.8 Å². The summed E-state index contributed by atoms with van der Waals surface area (Å²) in [5.41, 5.74) is 2.33. The molecule has 2 aliphatic rings. The number of para-hydroxylation sites is 2. The summed E-state index contributed by atoms with van der Waals surface area (Å²) in [6.45, 7) is 5.65. The third-order valence-corrected chi connectivity index (χ3v) is 8.18. The Balaban J connectivity index is 1.32. The van der Waals surface area contributed by atoms with Gasteiger partial charge < -0.3 is 14.5 Å². The van der Waals surface area contributed by atoms with Gasteiger partial charge in [-0.3, -0.25) is 9.59 Å². The minimum atomic E-state index is -3.61. The quantitative estimate of drug-likeness (QED) is 0.668. The molecule has 176 valence electrons. The van der Waals surface area contributed by atoms with Gasteiger partial charge in [-0.15, -0.1) is 0 Å². The number of rotatable bonds is 5. The van der Waals surface area contributed by atoms with Crippen LogP contribution in [0.15, 0.2) is 47.4 Å². The number of amides is 2. The summed E-state index contributed by atoms with van der Waals surface area (Å²) in [5.74, 6) is 0.425. The Morgan fingerprint density at radius 3 is 2.36 bits per heavy atom. The van der Waals surface area contributed by atoms with Gasteiger partial charge in [-0.25, -0.2) is 8.42 Å². The maximum absolute atomic E-state index is 13.1. The number of carbonyl (C=O) groups is 2. The van der Waals surface area contributed by atoms with Gasteiger partial charge in [0, 0.05) is 39.0 Å². The molecular formula is C24H29N3O5S. The van der Waals surface area contributed by atoms with Crippen LogP contribution in [0.1, 0.15) is 24.0 Å². The first kappa shape index (κ1) is 23.3. The Morgan fingerprint density at radius 1 is 0.909 bits per heavy atom. The summed E-state index contributed by atoms with van der Waals surface area (Å²) < 4.78 is 33.2. The molecule has 1 fully saturated rings. The SMILES string of the molecule is Cc1ccc(C)c(S(=O)(=O)N2CCN(C(=O)CCC(=O)N3CCOc4ccccc43)CC2)c1. The summed E-state index contributed by atoms with van der Waals surface area (Å²) in [6, 6.07) is 12.8. The maximum atomic E-state index is 13.1. The minimum absolute atomic E-state index is 0.0993. The highest BCUT2D eigenvalue weighted by atomic mass is 32.2. The Labute approximate surface area is 194 Å². The molecule has 2 aromatic rings. The number of carbonyl (C=O) groups excluding carboxylic acids is 2. The fourth-order valence-corrected chi connectivity index (χ4v) is 5.97. The Bertz CT molecular complexity index is 1160. The molecule has 33 heavy (non-hydrogen) atoms. The molecule has 2 heterocycles. The van der Waals surface area contributed by atoms with Crippen LogP contribution in [-0.4, -0.2) is 68.8 Å². The van der Waals surface area contributed by atoms with Crippen LogP contribution in [-0.2, 0) is 19.6 Å². The highest BCUT2D eigenvalue weighted by molar-refractivity contribution is 7.89. The molecule has 0 saturated carbocycles. The average Bonchev–Trinajstić information content (AvgIpc) is 2.83. The number of anilines is 1. The number of fused-ring (bicyclic) bond motifs is 1. The Morgan fingerprint density at radius 2 is 1.61 bits per heavy atom. The summed E-state index contributed by atoms with van der Waals surface area (Å²) >= 11 is 0. The van der Waals surface area contributed by atoms with E-state index in [4.69, 9.17) is 4.74 Å². The van der Waals surface area contributed by atoms with Gasteiger partial charge >= 0.3 is 0 Å². The fourth-order valence-electron chi connectivity index (χ4n) is 4.24. The molecule has 0 bridgehead atoms. The normalized spacial score (nSPS) is 16.8. The van der Waals surface area contributed by atoms with Crippen LogP contribution in [0.4, 0.5) is 5.69 Å². The highest BCUT2D eigenvalue weighted by Gasteiger charge is 2.31. The number of piperazine rings is 1. The third-order valence-electron chi connectivity index (χ3n) is 6.14. The van der Waals surface area contributed by atoms with Gasteiger partial charge in [0.1, 0.15) is 12.4 Å². The lowest BCUT2D eigenvalue weighted by molar-refractivity contribution is -0.134. The van der Waals surface area contributed by atoms with E-state index in [1.807, 2.05) is 43.3 Å². The van der Waals surface area contributed by atoms with Gasteiger partial charge in [0.25, 0.3) is 0 Å². The zero-order valence-electron chi connectivity index (χ0n) is 19.0. The van der Waals surface area contributed by atoms with Gasteiger partial charge in [0.15, 0.2) is 0 Å². The van der Waals surface area contributed by atoms with Crippen molar-refractivity contribution in [3.05, 3.63) is 53.6 Å². The molecule has 0 aliphatic carbocycles. The summed E-state index contributed by atoms with van der Waals surface area (Å²) in [7, 11) is -3.61. The molecule has 0 unspecified atom stereocenters. The number of benzene rings is 2. The van der Waals surface area contributed by atoms with Crippen LogP contribution in [0.25, 0.3) is 0 Å². The topological polar surface area (TPSA) is 87.2 Å². The zero-order valence-corrected chi connectivity index (χ0v) is 19.8. The molecule has 0 aromatic heterocycles. The third kappa shape index (κ3) is 4.89. The molecule has 2 amide bonds. The largest absolute Gasteiger partial charge is 0.490 e. The number of hydrogen-bond donors (Lipinski definition) is 0. The number of ether oxygens (including phenoxy) is 1. The molecule has 0 atom stereocenters. The molecule has 0 radical (unpaired) electrons. The summed E-state index contributed by atoms with van der Waals surface area (Å²) in [4.78, 5) is 29.1. The van der Waals surface area contributed by atoms with Crippen LogP contribution >= 0.6 is 0 Å². The lowest BCUT2D eigenvalue weighted by Crippen LogP contribution is -2.50. The second-order valence-corrected chi connectivity index (χ2v) is 10.3. The Hall–Kier alpha value is -2.91. The number of hydrogen-bond acceptors (Lipinski definition) is 5. The predicted molar refractivity (Wildman–Crippen MR) is 125 cm³/mol. The zero-order chi connectivity index (χ0) is 23.6. The van der Waals surface area contributed by atoms with Crippen molar-refractivity contribution in [2.24, 2.45) is 0 Å². The summed E-state index contributed by atoms with van der Waals surface area (Å²) in [5, 5.41) is 0. The molecule has 1 saturated heterocycles. The van der Waals surface area contributed by atoms with Crippen molar-refractivity contribution in [3.8, 4) is 5.75 Å². The van der Waals surface area contributed by atoms with Crippen molar-refractivity contribution in [2.75, 3.05) is 44.2 Å². The van der Waals surface area contributed by atoms with E-state index in [1.165, 1.54) is 4.31 Å². The molecular weight excluding hydrogens is 442 g/mol. The molecule has 4 rings (SSSR count). The Kier molecular flexibility index (Phi) is 6.71. The van der Waals surface area contributed by atoms with E-state index in [-0.39, 0.29) is 37.7 Å². The second kappa shape index (κ2) is 9.52. The average molecular weight is 472 g/mol. The number of sulfonamides is 1. The van der Waals surface area contributed by atoms with Crippen molar-refractivity contribution in [1.82, 2.24) is 9.21 Å². The van der Waals surface area contributed by atoms with Crippen molar-refractivity contribution < 1.29 is 22.7 Å². The van der Waals surface area contributed by atoms with Crippen LogP contribution in [0.3, 0.4) is 0 Å². The van der Waals surface area contributed by atoms with E-state index in [0.717, 1.165) is 11.3 Å². The van der Waals surface area contributed by atoms with Crippen molar-refractivity contribution in [2.45, 2.75) is 31.6 Å². The number of nitrogens with zero attached hydrogens (tertiary/aromatic N) is 3. The molecule has 0 N–H and O–H groups in total. The summed E-state index contributed by atoms with van der Waals surface area (Å²) in [6.07, 6.45) is 0.205. The van der Waals surface area contributed by atoms with E-state index < -0.39 is 10.0 Å². The lowest BCUT2D eigenvalue weighted by Gasteiger charge is -2.34. The standard InChI is InChI=1S/C24H29N3O5S/c1-18-7-8-19(2)22(17-18)33(30,31)26-13-11-25(12-14-26)23(28)9-10-24(29)27-15-16-32-21-6-4-3-5-20(21)27/h3-8,17H,9-16H2,1-2H3. The lowest BCUT2D eigenvalue weighted by atomic mass is 10.2. The molecule has 2 aliphatic heterocycles. The van der Waals surface area contributed by atoms with E-state index in [1.54, 1.807) is 22.8 Å². The van der Waals surface area contributed by atoms with Crippen LogP contribution in [0.2, 0.25) is 0 Å². The van der Waals surface area contributed by atoms with Crippen molar-refractivity contribution in [3.63, 3.8) is 0 Å². The van der Waals surface area contributed by atoms with Crippen molar-refractivity contribution >= 4 is 27.5 Å². The molecule has 0 spiro atoms. The van der Waals surface area contributed by atoms with Gasteiger partial charge in [0.05, 0.1) is 17.1 Å². The van der Waals surface area contributed by atoms with Gasteiger partial charge in [-0.2, -0.15) is 4.31 Å². The molecule has 2 aromatic carbocycles. The van der Waals surface area contributed by atoms with E-state index in [2.05, 4.69) is 0 Å². The monoisotopic (exact) mass is 471 g/mol. The maximum Gasteiger partial charge on any atom is 0.243 e. The van der Waals surface area contributed by atoms with E-state index >= 15 is 0 Å². The number of aryl methyl sites for hydroxylation is 2. The van der Waals surface area contributed by atoms with Crippen LogP contribution in [0, 0.1) is 13.8 Å². The first-order valence-corrected chi connectivity index (χ1v) is 12.6. The second-order valence-electron chi connectivity index (χ2n) is 8.42. The first-order chi connectivity index (χ1) is 15.8. The first-order valence-electron chi connectivity index (χ1n) is 11.1. The van der Waals surface area contributed by atoms with Gasteiger partial charge in [-0.1, -0.05) is 24.3 Å². The van der Waals surface area contributed by atoms with Crippen LogP contribution < -0.4 is 9.64 Å². The van der Waals surface area contributed by atoms with E-state index in [9.17, 15) is 18.0 Å². The fraction of sp³-hybridized carbons (Fsp3) is 0.417. The minimum Gasteiger partial charge on any atom is -0.490 e. The van der Waals surface area contributed by atoms with E-state index in [0.29, 0.717) is 42.4 Å². The molecule has 8 nitrogen and oxygen atoms in total. The van der Waals surface area contributed by atoms with Crippen molar-refractivity contribution in [1.29, 1.82) is 0 Å². The smallest absolute Gasteiger partial charge is 0.243 e. The molecule has 9 heteroatoms. The van der Waals surface area contributed by atoms with Gasteiger partial charge in [-0.05, 0) is 43.2 Å². The van der Waals surface area contributed by atoms with Crippen LogP contribution in [0.5, 0.6) is 5.75 Å².